The van der Waals surface area contributed by atoms with Crippen molar-refractivity contribution in [1.29, 1.82) is 0 Å². The highest BCUT2D eigenvalue weighted by Gasteiger charge is 2.38. The van der Waals surface area contributed by atoms with Gasteiger partial charge in [0.25, 0.3) is 5.91 Å². The van der Waals surface area contributed by atoms with Crippen LogP contribution in [-0.4, -0.2) is 43.4 Å². The van der Waals surface area contributed by atoms with Crippen molar-refractivity contribution in [3.8, 4) is 5.75 Å². The van der Waals surface area contributed by atoms with Crippen LogP contribution in [0, 0.1) is 11.8 Å². The largest absolute Gasteiger partial charge is 0.487 e. The number of aliphatic hydroxyl groups excluding tert-OH is 1. The van der Waals surface area contributed by atoms with E-state index in [2.05, 4.69) is 22.8 Å². The zero-order valence-corrected chi connectivity index (χ0v) is 26.2. The molecule has 9 heteroatoms. The maximum atomic E-state index is 13.3. The Hall–Kier alpha value is -2.81. The van der Waals surface area contributed by atoms with Gasteiger partial charge in [0.1, 0.15) is 12.4 Å². The average Bonchev–Trinajstić information content (AvgIpc) is 2.94. The van der Waals surface area contributed by atoms with Crippen LogP contribution in [0.15, 0.2) is 61.7 Å². The fourth-order valence-corrected chi connectivity index (χ4v) is 6.98. The Balaban J connectivity index is 1.67. The van der Waals surface area contributed by atoms with Gasteiger partial charge in [0.2, 0.25) is 10.0 Å². The molecule has 3 atom stereocenters. The number of nitrogens with one attached hydrogen (secondary N) is 1. The number of ether oxygens (including phenoxy) is 1. The minimum absolute atomic E-state index is 0.181. The minimum atomic E-state index is -3.97. The summed E-state index contributed by atoms with van der Waals surface area (Å²) in [5.41, 5.74) is 3.20. The van der Waals surface area contributed by atoms with Crippen LogP contribution < -0.4 is 14.4 Å². The fraction of sp³-hybridized carbons (Fsp3) is 0.485. The van der Waals surface area contributed by atoms with Crippen molar-refractivity contribution < 1.29 is 23.1 Å². The minimum Gasteiger partial charge on any atom is -0.487 e. The lowest BCUT2D eigenvalue weighted by atomic mass is 9.69. The maximum Gasteiger partial charge on any atom is 0.264 e. The van der Waals surface area contributed by atoms with Gasteiger partial charge in [-0.25, -0.2) is 13.1 Å². The number of amides is 1. The smallest absolute Gasteiger partial charge is 0.264 e. The topological polar surface area (TPSA) is 95.9 Å². The van der Waals surface area contributed by atoms with Crippen LogP contribution in [0.3, 0.4) is 0 Å². The molecule has 1 aliphatic carbocycles. The van der Waals surface area contributed by atoms with Crippen molar-refractivity contribution in [2.45, 2.75) is 76.3 Å². The van der Waals surface area contributed by atoms with Crippen molar-refractivity contribution in [3.05, 3.63) is 83.4 Å². The molecule has 2 aromatic carbocycles. The summed E-state index contributed by atoms with van der Waals surface area (Å²) in [6, 6.07) is 10.9. The molecule has 2 N–H and O–H groups in total. The standard InChI is InChI=1S/C33H43ClN2O5S/c1-5-9-30(37)28-15-12-25(28)21-36-18-8-7-10-23-19-27(34)14-11-26(23)22-41-31-16-13-24(20-29(31)36)32(38)35-42(39,40)33(3,4)17-6-2/h5-6,11,13-14,16,19-20,25,28,30,37H,1-2,7-10,12,15,17-18,21-22H2,3-4H3,(H,35,38)/t25-,28+,30-/m0/s1. The third kappa shape index (κ3) is 7.39. The molecule has 0 spiro atoms. The van der Waals surface area contributed by atoms with Gasteiger partial charge >= 0.3 is 0 Å². The van der Waals surface area contributed by atoms with E-state index in [4.69, 9.17) is 16.3 Å². The molecule has 0 aromatic heterocycles. The summed E-state index contributed by atoms with van der Waals surface area (Å²) in [5.74, 6) is 0.394. The molecule has 42 heavy (non-hydrogen) atoms. The number of allylic oxidation sites excluding steroid dienone is 1. The molecule has 0 saturated heterocycles. The van der Waals surface area contributed by atoms with E-state index in [-0.39, 0.29) is 23.8 Å². The third-order valence-corrected chi connectivity index (χ3v) is 11.0. The number of anilines is 1. The number of carbonyl (C=O) groups excluding carboxylic acids is 1. The van der Waals surface area contributed by atoms with Crippen molar-refractivity contribution in [1.82, 2.24) is 4.72 Å². The van der Waals surface area contributed by atoms with E-state index in [1.165, 1.54) is 6.08 Å². The lowest BCUT2D eigenvalue weighted by Crippen LogP contribution is -2.44. The number of hydrogen-bond acceptors (Lipinski definition) is 6. The highest BCUT2D eigenvalue weighted by Crippen LogP contribution is 2.41. The van der Waals surface area contributed by atoms with E-state index in [0.29, 0.717) is 30.3 Å². The number of fused-ring (bicyclic) bond motifs is 2. The van der Waals surface area contributed by atoms with Crippen molar-refractivity contribution in [2.24, 2.45) is 11.8 Å². The molecule has 1 fully saturated rings. The molecular weight excluding hydrogens is 572 g/mol. The van der Waals surface area contributed by atoms with Gasteiger partial charge in [0.05, 0.1) is 16.5 Å². The van der Waals surface area contributed by atoms with Crippen LogP contribution >= 0.6 is 11.6 Å². The quantitative estimate of drug-likeness (QED) is 0.299. The lowest BCUT2D eigenvalue weighted by Gasteiger charge is -2.43. The molecule has 4 rings (SSSR count). The summed E-state index contributed by atoms with van der Waals surface area (Å²) < 4.78 is 33.5. The molecular formula is C33H43ClN2O5S. The highest BCUT2D eigenvalue weighted by atomic mass is 35.5. The van der Waals surface area contributed by atoms with Gasteiger partial charge < -0.3 is 14.7 Å². The molecule has 0 bridgehead atoms. The molecule has 1 heterocycles. The predicted molar refractivity (Wildman–Crippen MR) is 170 cm³/mol. The van der Waals surface area contributed by atoms with Crippen LogP contribution in [0.25, 0.3) is 0 Å². The summed E-state index contributed by atoms with van der Waals surface area (Å²) in [5, 5.41) is 11.4. The Bertz CT molecular complexity index is 1410. The summed E-state index contributed by atoms with van der Waals surface area (Å²) in [6.45, 7) is 12.3. The number of benzene rings is 2. The molecule has 228 valence electrons. The van der Waals surface area contributed by atoms with Gasteiger partial charge in [-0.3, -0.25) is 4.79 Å². The first-order chi connectivity index (χ1) is 20.0. The number of aryl methyl sites for hydroxylation is 1. The van der Waals surface area contributed by atoms with Crippen LogP contribution in [-0.2, 0) is 23.1 Å². The Kier molecular flexibility index (Phi) is 10.4. The molecule has 7 nitrogen and oxygen atoms in total. The molecule has 2 aromatic rings. The predicted octanol–water partition coefficient (Wildman–Crippen LogP) is 6.44. The first-order valence-corrected chi connectivity index (χ1v) is 16.6. The fourth-order valence-electron chi connectivity index (χ4n) is 5.81. The molecule has 1 saturated carbocycles. The summed E-state index contributed by atoms with van der Waals surface area (Å²) in [7, 11) is -3.97. The van der Waals surface area contributed by atoms with E-state index in [1.54, 1.807) is 38.1 Å². The van der Waals surface area contributed by atoms with Crippen LogP contribution in [0.5, 0.6) is 5.75 Å². The van der Waals surface area contributed by atoms with Gasteiger partial charge in [-0.2, -0.15) is 0 Å². The molecule has 1 amide bonds. The van der Waals surface area contributed by atoms with Crippen LogP contribution in [0.2, 0.25) is 5.02 Å². The number of nitrogens with zero attached hydrogens (tertiary/aromatic N) is 1. The molecule has 0 unspecified atom stereocenters. The molecule has 0 radical (unpaired) electrons. The monoisotopic (exact) mass is 614 g/mol. The third-order valence-electron chi connectivity index (χ3n) is 8.66. The molecule has 1 aliphatic heterocycles. The van der Waals surface area contributed by atoms with Crippen molar-refractivity contribution >= 4 is 33.2 Å². The Morgan fingerprint density at radius 1 is 1.17 bits per heavy atom. The number of rotatable bonds is 10. The van der Waals surface area contributed by atoms with E-state index < -0.39 is 26.8 Å². The summed E-state index contributed by atoms with van der Waals surface area (Å²) in [4.78, 5) is 15.5. The maximum absolute atomic E-state index is 13.3. The van der Waals surface area contributed by atoms with E-state index in [1.807, 2.05) is 18.2 Å². The number of sulfonamides is 1. The Morgan fingerprint density at radius 2 is 1.95 bits per heavy atom. The zero-order chi connectivity index (χ0) is 30.5. The Morgan fingerprint density at radius 3 is 2.64 bits per heavy atom. The first kappa shape index (κ1) is 32.1. The first-order valence-electron chi connectivity index (χ1n) is 14.7. The lowest BCUT2D eigenvalue weighted by molar-refractivity contribution is 0.0181. The average molecular weight is 615 g/mol. The SMILES string of the molecule is C=CC[C@H](O)[C@@H]1CC[C@H]1CN1CCCCc2cc(Cl)ccc2COc2ccc(C(=O)NS(=O)(=O)C(C)(C)CC=C)cc21. The van der Waals surface area contributed by atoms with Gasteiger partial charge in [0, 0.05) is 23.7 Å². The number of halogens is 1. The van der Waals surface area contributed by atoms with Gasteiger partial charge in [-0.15, -0.1) is 13.2 Å². The zero-order valence-electron chi connectivity index (χ0n) is 24.6. The van der Waals surface area contributed by atoms with E-state index >= 15 is 0 Å². The van der Waals surface area contributed by atoms with Gasteiger partial charge in [-0.05, 0) is 112 Å². The number of aliphatic hydroxyl groups is 1. The molecule has 2 aliphatic rings. The highest BCUT2D eigenvalue weighted by molar-refractivity contribution is 7.91. The second-order valence-electron chi connectivity index (χ2n) is 12.1. The van der Waals surface area contributed by atoms with E-state index in [0.717, 1.165) is 55.5 Å². The van der Waals surface area contributed by atoms with Gasteiger partial charge in [0.15, 0.2) is 0 Å². The van der Waals surface area contributed by atoms with Crippen LogP contribution in [0.4, 0.5) is 5.69 Å². The second-order valence-corrected chi connectivity index (χ2v) is 14.8. The van der Waals surface area contributed by atoms with Crippen molar-refractivity contribution in [3.63, 3.8) is 0 Å². The van der Waals surface area contributed by atoms with Crippen molar-refractivity contribution in [2.75, 3.05) is 18.0 Å². The second kappa shape index (κ2) is 13.7. The van der Waals surface area contributed by atoms with Crippen LogP contribution in [0.1, 0.15) is 73.9 Å². The summed E-state index contributed by atoms with van der Waals surface area (Å²) >= 11 is 6.30. The number of carbonyl (C=O) groups is 1. The Labute approximate surface area is 255 Å². The summed E-state index contributed by atoms with van der Waals surface area (Å²) in [6.07, 6.45) is 8.32. The number of hydrogen-bond donors (Lipinski definition) is 2. The van der Waals surface area contributed by atoms with Gasteiger partial charge in [-0.1, -0.05) is 29.8 Å². The van der Waals surface area contributed by atoms with E-state index in [9.17, 15) is 18.3 Å². The normalized spacial score (nSPS) is 20.0.